The molecule has 3 heterocycles. The highest BCUT2D eigenvalue weighted by Gasteiger charge is 2.25. The summed E-state index contributed by atoms with van der Waals surface area (Å²) in [7, 11) is 1.88. The van der Waals surface area contributed by atoms with E-state index in [0.717, 1.165) is 16.7 Å². The van der Waals surface area contributed by atoms with Crippen molar-refractivity contribution in [3.8, 4) is 0 Å². The first-order chi connectivity index (χ1) is 11.2. The van der Waals surface area contributed by atoms with Crippen LogP contribution >= 0.6 is 0 Å². The number of aryl methyl sites for hydroxylation is 1. The molecule has 4 rings (SSSR count). The van der Waals surface area contributed by atoms with E-state index in [0.29, 0.717) is 17.9 Å². The molecule has 0 spiro atoms. The number of anilines is 2. The van der Waals surface area contributed by atoms with Gasteiger partial charge in [-0.2, -0.15) is 15.2 Å². The Kier molecular flexibility index (Phi) is 3.48. The first-order valence-corrected chi connectivity index (χ1v) is 8.16. The van der Waals surface area contributed by atoms with E-state index in [4.69, 9.17) is 4.98 Å². The van der Waals surface area contributed by atoms with Crippen molar-refractivity contribution in [2.75, 3.05) is 5.32 Å². The quantitative estimate of drug-likeness (QED) is 0.804. The van der Waals surface area contributed by atoms with Crippen LogP contribution in [0, 0.1) is 5.92 Å². The SMILES string of the molecule is CC1CCCCC1n1ncc2cnc(Nc3cnn(C)c3)nc21. The van der Waals surface area contributed by atoms with Crippen molar-refractivity contribution in [3.05, 3.63) is 24.8 Å². The van der Waals surface area contributed by atoms with Gasteiger partial charge in [-0.1, -0.05) is 19.8 Å². The average Bonchev–Trinajstić information content (AvgIpc) is 3.14. The second kappa shape index (κ2) is 5.64. The summed E-state index contributed by atoms with van der Waals surface area (Å²) in [6.07, 6.45) is 12.4. The number of hydrogen-bond donors (Lipinski definition) is 1. The molecule has 0 radical (unpaired) electrons. The molecule has 3 aromatic heterocycles. The molecule has 0 bridgehead atoms. The second-order valence-electron chi connectivity index (χ2n) is 6.42. The van der Waals surface area contributed by atoms with E-state index < -0.39 is 0 Å². The summed E-state index contributed by atoms with van der Waals surface area (Å²) in [5, 5.41) is 12.9. The highest BCUT2D eigenvalue weighted by Crippen LogP contribution is 2.34. The zero-order chi connectivity index (χ0) is 15.8. The fourth-order valence-corrected chi connectivity index (χ4v) is 3.41. The molecule has 7 heteroatoms. The molecule has 120 valence electrons. The lowest BCUT2D eigenvalue weighted by Gasteiger charge is -2.29. The third-order valence-electron chi connectivity index (χ3n) is 4.68. The molecule has 0 aliphatic heterocycles. The fourth-order valence-electron chi connectivity index (χ4n) is 3.41. The number of aromatic nitrogens is 6. The van der Waals surface area contributed by atoms with E-state index in [1.807, 2.05) is 25.6 Å². The van der Waals surface area contributed by atoms with Crippen molar-refractivity contribution in [2.24, 2.45) is 13.0 Å². The summed E-state index contributed by atoms with van der Waals surface area (Å²) in [4.78, 5) is 9.07. The Balaban J connectivity index is 1.68. The van der Waals surface area contributed by atoms with E-state index in [2.05, 4.69) is 32.1 Å². The standard InChI is InChI=1S/C16H21N7/c1-11-5-3-4-6-14(11)23-15-12(8-19-23)7-17-16(21-15)20-13-9-18-22(2)10-13/h7-11,14H,3-6H2,1-2H3,(H,17,20,21). The molecular formula is C16H21N7. The van der Waals surface area contributed by atoms with Gasteiger partial charge in [0, 0.05) is 19.4 Å². The van der Waals surface area contributed by atoms with Crippen LogP contribution in [0.15, 0.2) is 24.8 Å². The first-order valence-electron chi connectivity index (χ1n) is 8.16. The van der Waals surface area contributed by atoms with Crippen molar-refractivity contribution in [1.29, 1.82) is 0 Å². The number of fused-ring (bicyclic) bond motifs is 1. The first kappa shape index (κ1) is 14.2. The van der Waals surface area contributed by atoms with Gasteiger partial charge in [0.1, 0.15) is 0 Å². The molecule has 1 aliphatic rings. The third-order valence-corrected chi connectivity index (χ3v) is 4.68. The predicted molar refractivity (Wildman–Crippen MR) is 88.5 cm³/mol. The summed E-state index contributed by atoms with van der Waals surface area (Å²) >= 11 is 0. The van der Waals surface area contributed by atoms with Crippen LogP contribution in [0.1, 0.15) is 38.6 Å². The van der Waals surface area contributed by atoms with Crippen LogP contribution in [0.2, 0.25) is 0 Å². The lowest BCUT2D eigenvalue weighted by atomic mass is 9.86. The van der Waals surface area contributed by atoms with Crippen LogP contribution < -0.4 is 5.32 Å². The van der Waals surface area contributed by atoms with E-state index in [1.165, 1.54) is 25.7 Å². The van der Waals surface area contributed by atoms with Crippen LogP contribution in [0.25, 0.3) is 11.0 Å². The maximum absolute atomic E-state index is 4.69. The minimum absolute atomic E-state index is 0.433. The van der Waals surface area contributed by atoms with Crippen LogP contribution in [0.5, 0.6) is 0 Å². The molecule has 2 unspecified atom stereocenters. The Hall–Kier alpha value is -2.44. The zero-order valence-electron chi connectivity index (χ0n) is 13.5. The molecule has 0 saturated heterocycles. The van der Waals surface area contributed by atoms with Gasteiger partial charge in [0.2, 0.25) is 5.95 Å². The third kappa shape index (κ3) is 2.67. The molecule has 2 atom stereocenters. The van der Waals surface area contributed by atoms with Crippen molar-refractivity contribution >= 4 is 22.7 Å². The average molecular weight is 311 g/mol. The van der Waals surface area contributed by atoms with Gasteiger partial charge in [0.25, 0.3) is 0 Å². The Morgan fingerprint density at radius 2 is 2.00 bits per heavy atom. The summed E-state index contributed by atoms with van der Waals surface area (Å²) in [6.45, 7) is 2.31. The summed E-state index contributed by atoms with van der Waals surface area (Å²) in [5.41, 5.74) is 1.79. The van der Waals surface area contributed by atoms with Crippen LogP contribution in [-0.2, 0) is 7.05 Å². The monoisotopic (exact) mass is 311 g/mol. The van der Waals surface area contributed by atoms with Crippen molar-refractivity contribution in [2.45, 2.75) is 38.6 Å². The van der Waals surface area contributed by atoms with Crippen LogP contribution in [0.4, 0.5) is 11.6 Å². The highest BCUT2D eigenvalue weighted by atomic mass is 15.3. The van der Waals surface area contributed by atoms with Crippen molar-refractivity contribution < 1.29 is 0 Å². The Morgan fingerprint density at radius 3 is 2.78 bits per heavy atom. The van der Waals surface area contributed by atoms with Gasteiger partial charge in [0.15, 0.2) is 5.65 Å². The second-order valence-corrected chi connectivity index (χ2v) is 6.42. The maximum atomic E-state index is 4.69. The maximum Gasteiger partial charge on any atom is 0.229 e. The van der Waals surface area contributed by atoms with Crippen LogP contribution in [-0.4, -0.2) is 29.5 Å². The van der Waals surface area contributed by atoms with Crippen LogP contribution in [0.3, 0.4) is 0 Å². The van der Waals surface area contributed by atoms with E-state index in [9.17, 15) is 0 Å². The molecule has 7 nitrogen and oxygen atoms in total. The topological polar surface area (TPSA) is 73.5 Å². The van der Waals surface area contributed by atoms with E-state index in [1.54, 1.807) is 10.9 Å². The molecule has 1 aliphatic carbocycles. The van der Waals surface area contributed by atoms with E-state index >= 15 is 0 Å². The lowest BCUT2D eigenvalue weighted by Crippen LogP contribution is -2.22. The minimum atomic E-state index is 0.433. The fraction of sp³-hybridized carbons (Fsp3) is 0.500. The number of nitrogens with one attached hydrogen (secondary N) is 1. The van der Waals surface area contributed by atoms with Gasteiger partial charge in [-0.25, -0.2) is 9.67 Å². The summed E-state index contributed by atoms with van der Waals surface area (Å²) < 4.78 is 3.84. The predicted octanol–water partition coefficient (Wildman–Crippen LogP) is 3.05. The molecule has 3 aromatic rings. The molecule has 1 fully saturated rings. The molecule has 1 saturated carbocycles. The van der Waals surface area contributed by atoms with Gasteiger partial charge in [-0.05, 0) is 18.8 Å². The van der Waals surface area contributed by atoms with Gasteiger partial charge >= 0.3 is 0 Å². The summed E-state index contributed by atoms with van der Waals surface area (Å²) in [5.74, 6) is 1.22. The molecular weight excluding hydrogens is 290 g/mol. The van der Waals surface area contributed by atoms with E-state index in [-0.39, 0.29) is 0 Å². The smallest absolute Gasteiger partial charge is 0.229 e. The molecule has 1 N–H and O–H groups in total. The number of hydrogen-bond acceptors (Lipinski definition) is 5. The van der Waals surface area contributed by atoms with Crippen molar-refractivity contribution in [1.82, 2.24) is 29.5 Å². The zero-order valence-corrected chi connectivity index (χ0v) is 13.5. The Morgan fingerprint density at radius 1 is 1.13 bits per heavy atom. The van der Waals surface area contributed by atoms with Gasteiger partial charge in [-0.3, -0.25) is 4.68 Å². The largest absolute Gasteiger partial charge is 0.321 e. The minimum Gasteiger partial charge on any atom is -0.321 e. The summed E-state index contributed by atoms with van der Waals surface area (Å²) in [6, 6.07) is 0.433. The normalized spacial score (nSPS) is 21.7. The highest BCUT2D eigenvalue weighted by molar-refractivity contribution is 5.75. The Labute approximate surface area is 134 Å². The molecule has 0 aromatic carbocycles. The Bertz CT molecular complexity index is 819. The molecule has 23 heavy (non-hydrogen) atoms. The van der Waals surface area contributed by atoms with Gasteiger partial charge in [-0.15, -0.1) is 0 Å². The number of nitrogens with zero attached hydrogens (tertiary/aromatic N) is 6. The lowest BCUT2D eigenvalue weighted by molar-refractivity contribution is 0.245. The van der Waals surface area contributed by atoms with Crippen molar-refractivity contribution in [3.63, 3.8) is 0 Å². The number of rotatable bonds is 3. The molecule has 0 amide bonds. The van der Waals surface area contributed by atoms with Gasteiger partial charge in [0.05, 0.1) is 29.5 Å². The van der Waals surface area contributed by atoms with Gasteiger partial charge < -0.3 is 5.32 Å².